The Labute approximate surface area is 172 Å². The summed E-state index contributed by atoms with van der Waals surface area (Å²) in [5, 5.41) is 10.0. The molecule has 0 saturated heterocycles. The third-order valence-electron chi connectivity index (χ3n) is 4.41. The molecular weight excluding hydrogens is 384 g/mol. The molecule has 2 heterocycles. The first kappa shape index (κ1) is 18.9. The quantitative estimate of drug-likeness (QED) is 0.506. The predicted molar refractivity (Wildman–Crippen MR) is 114 cm³/mol. The summed E-state index contributed by atoms with van der Waals surface area (Å²) < 4.78 is 7.00. The van der Waals surface area contributed by atoms with Gasteiger partial charge >= 0.3 is 0 Å². The fourth-order valence-electron chi connectivity index (χ4n) is 2.86. The number of thiazole rings is 1. The average Bonchev–Trinajstić information content (AvgIpc) is 3.45. The van der Waals surface area contributed by atoms with Crippen LogP contribution in [0.3, 0.4) is 0 Å². The number of amides is 1. The van der Waals surface area contributed by atoms with Gasteiger partial charge in [0.1, 0.15) is 16.5 Å². The van der Waals surface area contributed by atoms with Gasteiger partial charge in [-0.1, -0.05) is 18.2 Å². The molecule has 0 fully saturated rings. The highest BCUT2D eigenvalue weighted by molar-refractivity contribution is 7.13. The van der Waals surface area contributed by atoms with Crippen molar-refractivity contribution in [2.75, 3.05) is 13.7 Å². The summed E-state index contributed by atoms with van der Waals surface area (Å²) in [6, 6.07) is 19.5. The van der Waals surface area contributed by atoms with Gasteiger partial charge in [-0.3, -0.25) is 4.79 Å². The number of nitrogens with one attached hydrogen (secondary N) is 1. The van der Waals surface area contributed by atoms with Gasteiger partial charge in [-0.05, 0) is 42.5 Å². The molecule has 1 N–H and O–H groups in total. The highest BCUT2D eigenvalue weighted by Gasteiger charge is 2.12. The van der Waals surface area contributed by atoms with Crippen LogP contribution in [0.15, 0.2) is 72.2 Å². The van der Waals surface area contributed by atoms with Crippen LogP contribution in [0.5, 0.6) is 5.75 Å². The zero-order valence-corrected chi connectivity index (χ0v) is 16.7. The highest BCUT2D eigenvalue weighted by Crippen LogP contribution is 2.25. The topological polar surface area (TPSA) is 69.0 Å². The number of benzene rings is 2. The van der Waals surface area contributed by atoms with Gasteiger partial charge in [-0.15, -0.1) is 11.3 Å². The van der Waals surface area contributed by atoms with E-state index in [4.69, 9.17) is 4.74 Å². The summed E-state index contributed by atoms with van der Waals surface area (Å²) in [4.78, 5) is 16.8. The maximum Gasteiger partial charge on any atom is 0.270 e. The Morgan fingerprint density at radius 1 is 1.10 bits per heavy atom. The van der Waals surface area contributed by atoms with Crippen molar-refractivity contribution in [1.82, 2.24) is 20.1 Å². The fourth-order valence-corrected chi connectivity index (χ4v) is 3.66. The molecule has 2 aromatic heterocycles. The van der Waals surface area contributed by atoms with Crippen molar-refractivity contribution in [2.24, 2.45) is 0 Å². The van der Waals surface area contributed by atoms with Crippen molar-refractivity contribution in [3.8, 4) is 22.0 Å². The average molecular weight is 404 g/mol. The van der Waals surface area contributed by atoms with E-state index < -0.39 is 0 Å². The van der Waals surface area contributed by atoms with Crippen molar-refractivity contribution < 1.29 is 9.53 Å². The van der Waals surface area contributed by atoms with Crippen molar-refractivity contribution in [2.45, 2.75) is 6.42 Å². The summed E-state index contributed by atoms with van der Waals surface area (Å²) in [5.41, 5.74) is 3.32. The monoisotopic (exact) mass is 404 g/mol. The summed E-state index contributed by atoms with van der Waals surface area (Å²) >= 11 is 1.45. The van der Waals surface area contributed by atoms with Gasteiger partial charge in [0.05, 0.1) is 18.5 Å². The third-order valence-corrected chi connectivity index (χ3v) is 5.30. The minimum Gasteiger partial charge on any atom is -0.497 e. The van der Waals surface area contributed by atoms with Crippen LogP contribution in [-0.4, -0.2) is 34.3 Å². The lowest BCUT2D eigenvalue weighted by Gasteiger charge is -2.02. The van der Waals surface area contributed by atoms with Crippen LogP contribution in [0.4, 0.5) is 0 Å². The standard InChI is InChI=1S/C22H20N4O2S/c1-28-19-9-7-16(8-10-19)22-24-20(15-29-22)21(27)23-13-11-17-12-14-26(25-17)18-5-3-2-4-6-18/h2-10,12,14-15H,11,13H2,1H3,(H,23,27). The van der Waals surface area contributed by atoms with Gasteiger partial charge in [0.25, 0.3) is 5.91 Å². The number of aromatic nitrogens is 3. The van der Waals surface area contributed by atoms with E-state index in [1.54, 1.807) is 12.5 Å². The number of para-hydroxylation sites is 1. The summed E-state index contributed by atoms with van der Waals surface area (Å²) in [7, 11) is 1.63. The normalized spacial score (nSPS) is 10.7. The first-order chi connectivity index (χ1) is 14.2. The summed E-state index contributed by atoms with van der Waals surface area (Å²) in [6.45, 7) is 0.500. The molecule has 4 aromatic rings. The van der Waals surface area contributed by atoms with Gasteiger partial charge in [-0.25, -0.2) is 9.67 Å². The van der Waals surface area contributed by atoms with Gasteiger partial charge < -0.3 is 10.1 Å². The zero-order valence-electron chi connectivity index (χ0n) is 15.9. The Balaban J connectivity index is 1.32. The van der Waals surface area contributed by atoms with Crippen molar-refractivity contribution in [1.29, 1.82) is 0 Å². The maximum absolute atomic E-state index is 12.4. The van der Waals surface area contributed by atoms with E-state index in [0.717, 1.165) is 27.7 Å². The number of hydrogen-bond acceptors (Lipinski definition) is 5. The number of rotatable bonds is 7. The Morgan fingerprint density at radius 3 is 2.66 bits per heavy atom. The maximum atomic E-state index is 12.4. The third kappa shape index (κ3) is 4.52. The number of ether oxygens (including phenoxy) is 1. The molecule has 4 rings (SSSR count). The van der Waals surface area contributed by atoms with Gasteiger partial charge in [0.15, 0.2) is 0 Å². The molecule has 0 aliphatic heterocycles. The summed E-state index contributed by atoms with van der Waals surface area (Å²) in [6.07, 6.45) is 2.58. The largest absolute Gasteiger partial charge is 0.497 e. The van der Waals surface area contributed by atoms with E-state index in [1.165, 1.54) is 11.3 Å². The van der Waals surface area contributed by atoms with Crippen LogP contribution in [0.25, 0.3) is 16.3 Å². The van der Waals surface area contributed by atoms with Crippen LogP contribution in [0, 0.1) is 0 Å². The Hall–Kier alpha value is -3.45. The van der Waals surface area contributed by atoms with Crippen LogP contribution >= 0.6 is 11.3 Å². The predicted octanol–water partition coefficient (Wildman–Crippen LogP) is 3.98. The second-order valence-electron chi connectivity index (χ2n) is 6.36. The molecule has 0 bridgehead atoms. The van der Waals surface area contributed by atoms with E-state index in [2.05, 4.69) is 15.4 Å². The first-order valence-electron chi connectivity index (χ1n) is 9.21. The highest BCUT2D eigenvalue weighted by atomic mass is 32.1. The molecule has 6 nitrogen and oxygen atoms in total. The number of hydrogen-bond donors (Lipinski definition) is 1. The Morgan fingerprint density at radius 2 is 1.90 bits per heavy atom. The number of nitrogens with zero attached hydrogens (tertiary/aromatic N) is 3. The molecule has 0 saturated carbocycles. The van der Waals surface area contributed by atoms with Crippen LogP contribution in [-0.2, 0) is 6.42 Å². The Kier molecular flexibility index (Phi) is 5.67. The summed E-state index contributed by atoms with van der Waals surface area (Å²) in [5.74, 6) is 0.612. The van der Waals surface area contributed by atoms with Crippen molar-refractivity contribution in [3.63, 3.8) is 0 Å². The minimum atomic E-state index is -0.177. The van der Waals surface area contributed by atoms with E-state index in [9.17, 15) is 4.79 Å². The molecule has 2 aromatic carbocycles. The Bertz CT molecular complexity index is 1090. The SMILES string of the molecule is COc1ccc(-c2nc(C(=O)NCCc3ccn(-c4ccccc4)n3)cs2)cc1. The van der Waals surface area contributed by atoms with Crippen LogP contribution in [0.1, 0.15) is 16.2 Å². The first-order valence-corrected chi connectivity index (χ1v) is 10.1. The molecular formula is C22H20N4O2S. The number of carbonyl (C=O) groups excluding carboxylic acids is 1. The molecule has 0 spiro atoms. The van der Waals surface area contributed by atoms with E-state index in [1.807, 2.05) is 71.5 Å². The smallest absolute Gasteiger partial charge is 0.270 e. The minimum absolute atomic E-state index is 0.177. The molecule has 0 aliphatic carbocycles. The molecule has 0 aliphatic rings. The lowest BCUT2D eigenvalue weighted by molar-refractivity contribution is 0.0950. The van der Waals surface area contributed by atoms with Crippen molar-refractivity contribution in [3.05, 3.63) is 83.6 Å². The van der Waals surface area contributed by atoms with Crippen LogP contribution in [0.2, 0.25) is 0 Å². The molecule has 29 heavy (non-hydrogen) atoms. The van der Waals surface area contributed by atoms with Gasteiger partial charge in [0.2, 0.25) is 0 Å². The number of methoxy groups -OCH3 is 1. The van der Waals surface area contributed by atoms with Crippen LogP contribution < -0.4 is 10.1 Å². The lowest BCUT2D eigenvalue weighted by atomic mass is 10.2. The molecule has 0 unspecified atom stereocenters. The lowest BCUT2D eigenvalue weighted by Crippen LogP contribution is -2.26. The second-order valence-corrected chi connectivity index (χ2v) is 7.22. The fraction of sp³-hybridized carbons (Fsp3) is 0.136. The molecule has 0 atom stereocenters. The molecule has 7 heteroatoms. The molecule has 146 valence electrons. The molecule has 0 radical (unpaired) electrons. The van der Waals surface area contributed by atoms with E-state index in [0.29, 0.717) is 18.7 Å². The van der Waals surface area contributed by atoms with Gasteiger partial charge in [-0.2, -0.15) is 5.10 Å². The molecule has 1 amide bonds. The zero-order chi connectivity index (χ0) is 20.1. The number of carbonyl (C=O) groups is 1. The second kappa shape index (κ2) is 8.70. The van der Waals surface area contributed by atoms with Gasteiger partial charge in [0, 0.05) is 30.1 Å². The van der Waals surface area contributed by atoms with Crippen molar-refractivity contribution >= 4 is 17.2 Å². The van der Waals surface area contributed by atoms with E-state index >= 15 is 0 Å². The van der Waals surface area contributed by atoms with E-state index in [-0.39, 0.29) is 5.91 Å².